The number of methoxy groups -OCH3 is 1. The van der Waals surface area contributed by atoms with Crippen molar-refractivity contribution >= 4 is 16.3 Å². The first-order valence-corrected chi connectivity index (χ1v) is 5.83. The Balaban J connectivity index is 2.48. The number of aliphatic hydroxyl groups is 2. The third kappa shape index (κ3) is 3.11. The van der Waals surface area contributed by atoms with E-state index in [9.17, 15) is 10.2 Å². The van der Waals surface area contributed by atoms with Crippen LogP contribution in [0.4, 0.5) is 0 Å². The molecule has 0 radical (unpaired) electrons. The van der Waals surface area contributed by atoms with Crippen molar-refractivity contribution in [3.05, 3.63) is 0 Å². The molecule has 0 spiro atoms. The Labute approximate surface area is 91.1 Å². The van der Waals surface area contributed by atoms with Gasteiger partial charge in [0.2, 0.25) is 0 Å². The fourth-order valence-electron chi connectivity index (χ4n) is 1.57. The summed E-state index contributed by atoms with van der Waals surface area (Å²) in [6, 6.07) is 0. The largest absolute Gasteiger partial charge is 0.440 e. The smallest absolute Gasteiger partial charge is 0.361 e. The maximum Gasteiger partial charge on any atom is 0.361 e. The topological polar surface area (TPSA) is 91.2 Å². The number of aliphatic hydroxyl groups excluding tert-OH is 2. The fraction of sp³-hybridized carbons (Fsp3) is 1.00. The van der Waals surface area contributed by atoms with E-state index in [-0.39, 0.29) is 22.0 Å². The van der Waals surface area contributed by atoms with Crippen molar-refractivity contribution < 1.29 is 24.7 Å². The Morgan fingerprint density at radius 3 is 2.60 bits per heavy atom. The number of rotatable bonds is 5. The van der Waals surface area contributed by atoms with E-state index in [1.165, 1.54) is 7.11 Å². The Bertz CT molecular complexity index is 200. The van der Waals surface area contributed by atoms with E-state index in [4.69, 9.17) is 14.5 Å². The van der Waals surface area contributed by atoms with Crippen molar-refractivity contribution in [2.75, 3.05) is 7.11 Å². The van der Waals surface area contributed by atoms with Crippen molar-refractivity contribution in [1.82, 2.24) is 5.00 Å². The first-order chi connectivity index (χ1) is 7.11. The van der Waals surface area contributed by atoms with Crippen LogP contribution in [-0.2, 0) is 9.47 Å². The minimum atomic E-state index is -1.01. The van der Waals surface area contributed by atoms with E-state index in [0.717, 1.165) is 0 Å². The van der Waals surface area contributed by atoms with Gasteiger partial charge < -0.3 is 29.7 Å². The van der Waals surface area contributed by atoms with E-state index < -0.39 is 24.6 Å². The molecule has 2 unspecified atom stereocenters. The first kappa shape index (κ1) is 13.3. The van der Waals surface area contributed by atoms with Gasteiger partial charge in [-0.1, -0.05) is 15.7 Å². The lowest BCUT2D eigenvalue weighted by Gasteiger charge is -2.21. The second kappa shape index (κ2) is 6.10. The van der Waals surface area contributed by atoms with Gasteiger partial charge in [-0.15, -0.1) is 0 Å². The molecule has 6 atom stereocenters. The van der Waals surface area contributed by atoms with Gasteiger partial charge in [-0.2, -0.15) is 0 Å². The summed E-state index contributed by atoms with van der Waals surface area (Å²) in [7, 11) is 1.56. The molecule has 1 fully saturated rings. The average molecular weight is 237 g/mol. The fourth-order valence-corrected chi connectivity index (χ4v) is 2.42. The molecule has 0 aliphatic carbocycles. The molecule has 15 heavy (non-hydrogen) atoms. The Hall–Kier alpha value is 0.255. The minimum absolute atomic E-state index is 0.00181. The van der Waals surface area contributed by atoms with Gasteiger partial charge in [-0.05, 0) is 0 Å². The molecule has 1 heterocycles. The van der Waals surface area contributed by atoms with Crippen molar-refractivity contribution in [2.45, 2.75) is 37.2 Å². The molecule has 4 N–H and O–H groups in total. The second-order valence-electron chi connectivity index (χ2n) is 3.45. The second-order valence-corrected chi connectivity index (χ2v) is 5.01. The standard InChI is InChI=1S/C7H17BNO5P/c1-3(15-9-8-12)6-4(10)5(11)7(13-2)14-6/h3-12,15H,1-2H3/t3-,4+,5-,6-,7?/m1/s1. The SMILES string of the molecule is COC1O[C@H]([C@@H](C)PNBO)[C@@H](O)[C@H]1O. The van der Waals surface area contributed by atoms with Crippen LogP contribution in [0.1, 0.15) is 6.92 Å². The van der Waals surface area contributed by atoms with Crippen LogP contribution in [0.15, 0.2) is 0 Å². The van der Waals surface area contributed by atoms with Gasteiger partial charge in [0.1, 0.15) is 12.2 Å². The first-order valence-electron chi connectivity index (χ1n) is 4.75. The zero-order valence-electron chi connectivity index (χ0n) is 8.75. The van der Waals surface area contributed by atoms with Crippen LogP contribution in [0.3, 0.4) is 0 Å². The lowest BCUT2D eigenvalue weighted by Crippen LogP contribution is -2.37. The quantitative estimate of drug-likeness (QED) is 0.324. The van der Waals surface area contributed by atoms with Gasteiger partial charge in [-0.25, -0.2) is 0 Å². The molecule has 0 bridgehead atoms. The Morgan fingerprint density at radius 2 is 2.13 bits per heavy atom. The molecule has 0 aromatic rings. The minimum Gasteiger partial charge on any atom is -0.440 e. The number of hydrogen-bond donors (Lipinski definition) is 4. The predicted octanol–water partition coefficient (Wildman–Crippen LogP) is -2.09. The molecule has 88 valence electrons. The highest BCUT2D eigenvalue weighted by molar-refractivity contribution is 7.38. The highest BCUT2D eigenvalue weighted by atomic mass is 31.1. The summed E-state index contributed by atoms with van der Waals surface area (Å²) in [4.78, 5) is 2.76. The summed E-state index contributed by atoms with van der Waals surface area (Å²) in [5.41, 5.74) is 0.00181. The Kier molecular flexibility index (Phi) is 5.42. The number of ether oxygens (including phenoxy) is 2. The maximum atomic E-state index is 9.69. The van der Waals surface area contributed by atoms with Crippen LogP contribution in [-0.4, -0.2) is 60.2 Å². The molecule has 0 aromatic heterocycles. The van der Waals surface area contributed by atoms with E-state index in [0.29, 0.717) is 0 Å². The van der Waals surface area contributed by atoms with Crippen LogP contribution < -0.4 is 5.00 Å². The summed E-state index contributed by atoms with van der Waals surface area (Å²) in [6.45, 7) is 1.87. The van der Waals surface area contributed by atoms with Gasteiger partial charge in [0.05, 0.1) is 6.10 Å². The zero-order valence-corrected chi connectivity index (χ0v) is 9.75. The van der Waals surface area contributed by atoms with Crippen molar-refractivity contribution in [3.63, 3.8) is 0 Å². The highest BCUT2D eigenvalue weighted by Gasteiger charge is 2.45. The summed E-state index contributed by atoms with van der Waals surface area (Å²) >= 11 is 0. The molecule has 8 heteroatoms. The normalized spacial score (nSPS) is 38.7. The van der Waals surface area contributed by atoms with Gasteiger partial charge >= 0.3 is 7.62 Å². The monoisotopic (exact) mass is 237 g/mol. The van der Waals surface area contributed by atoms with E-state index in [2.05, 4.69) is 5.00 Å². The van der Waals surface area contributed by atoms with E-state index in [1.807, 2.05) is 6.92 Å². The lowest BCUT2D eigenvalue weighted by atomic mass is 10.1. The maximum absolute atomic E-state index is 9.69. The van der Waals surface area contributed by atoms with Crippen LogP contribution in [0.2, 0.25) is 0 Å². The molecule has 0 aromatic carbocycles. The van der Waals surface area contributed by atoms with Gasteiger partial charge in [0.25, 0.3) is 0 Å². The van der Waals surface area contributed by atoms with Crippen molar-refractivity contribution in [1.29, 1.82) is 0 Å². The summed E-state index contributed by atoms with van der Waals surface area (Å²) in [5, 5.41) is 27.8. The third-order valence-electron chi connectivity index (χ3n) is 2.39. The van der Waals surface area contributed by atoms with Crippen molar-refractivity contribution in [3.8, 4) is 0 Å². The van der Waals surface area contributed by atoms with Crippen LogP contribution in [0.5, 0.6) is 0 Å². The number of hydrogen-bond acceptors (Lipinski definition) is 6. The van der Waals surface area contributed by atoms with Gasteiger partial charge in [-0.3, -0.25) is 0 Å². The Morgan fingerprint density at radius 1 is 1.47 bits per heavy atom. The van der Waals surface area contributed by atoms with Crippen LogP contribution in [0.25, 0.3) is 0 Å². The average Bonchev–Trinajstić information content (AvgIpc) is 2.52. The number of nitrogens with one attached hydrogen (secondary N) is 1. The third-order valence-corrected chi connectivity index (χ3v) is 3.54. The molecule has 1 aliphatic rings. The summed E-state index contributed by atoms with van der Waals surface area (Å²) in [5.74, 6) is 0. The molecular formula is C7H17BNO5P. The van der Waals surface area contributed by atoms with Gasteiger partial charge in [0.15, 0.2) is 6.29 Å². The zero-order chi connectivity index (χ0) is 11.4. The molecule has 6 nitrogen and oxygen atoms in total. The predicted molar refractivity (Wildman–Crippen MR) is 58.0 cm³/mol. The molecular weight excluding hydrogens is 220 g/mol. The molecule has 1 rings (SSSR count). The highest BCUT2D eigenvalue weighted by Crippen LogP contribution is 2.30. The molecule has 1 saturated heterocycles. The lowest BCUT2D eigenvalue weighted by molar-refractivity contribution is -0.148. The summed E-state index contributed by atoms with van der Waals surface area (Å²) < 4.78 is 10.2. The van der Waals surface area contributed by atoms with Gasteiger partial charge in [0, 0.05) is 12.8 Å². The van der Waals surface area contributed by atoms with Crippen molar-refractivity contribution in [2.24, 2.45) is 0 Å². The summed E-state index contributed by atoms with van der Waals surface area (Å²) in [6.07, 6.45) is -3.20. The molecule has 0 saturated carbocycles. The van der Waals surface area contributed by atoms with E-state index in [1.54, 1.807) is 0 Å². The molecule has 1 aliphatic heterocycles. The van der Waals surface area contributed by atoms with Crippen LogP contribution in [0, 0.1) is 0 Å². The molecule has 0 amide bonds. The van der Waals surface area contributed by atoms with Crippen LogP contribution >= 0.6 is 8.73 Å². The van der Waals surface area contributed by atoms with E-state index >= 15 is 0 Å².